The van der Waals surface area contributed by atoms with E-state index in [2.05, 4.69) is 0 Å². The van der Waals surface area contributed by atoms with E-state index < -0.39 is 0 Å². The molecule has 4 atom stereocenters. The largest absolute Gasteiger partial charge is 0.508 e. The Labute approximate surface area is 135 Å². The molecule has 3 fully saturated rings. The van der Waals surface area contributed by atoms with Crippen molar-refractivity contribution in [1.29, 1.82) is 0 Å². The van der Waals surface area contributed by atoms with Crippen molar-refractivity contribution in [3.63, 3.8) is 0 Å². The Morgan fingerprint density at radius 2 is 1.87 bits per heavy atom. The van der Waals surface area contributed by atoms with Crippen LogP contribution in [0.5, 0.6) is 5.75 Å². The normalized spacial score (nSPS) is 31.6. The first-order chi connectivity index (χ1) is 11.0. The lowest BCUT2D eigenvalue weighted by Gasteiger charge is -2.22. The SMILES string of the molecule is Cc1cc(O)cc(=O)n1CCC(=O)N1CC2C3CCC(C3)C2C1. The van der Waals surface area contributed by atoms with Gasteiger partial charge in [0, 0.05) is 37.8 Å². The molecule has 1 N–H and O–H groups in total. The highest BCUT2D eigenvalue weighted by molar-refractivity contribution is 5.76. The van der Waals surface area contributed by atoms with Gasteiger partial charge in [0.25, 0.3) is 5.56 Å². The van der Waals surface area contributed by atoms with E-state index in [4.69, 9.17) is 0 Å². The van der Waals surface area contributed by atoms with E-state index in [-0.39, 0.29) is 17.2 Å². The molecule has 4 unspecified atom stereocenters. The highest BCUT2D eigenvalue weighted by Gasteiger charge is 2.52. The number of fused-ring (bicyclic) bond motifs is 5. The quantitative estimate of drug-likeness (QED) is 0.924. The first-order valence-electron chi connectivity index (χ1n) is 8.71. The van der Waals surface area contributed by atoms with E-state index in [1.165, 1.54) is 25.3 Å². The smallest absolute Gasteiger partial charge is 0.254 e. The second-order valence-corrected chi connectivity index (χ2v) is 7.55. The molecule has 0 aromatic carbocycles. The molecular weight excluding hydrogens is 292 g/mol. The molecule has 4 rings (SSSR count). The maximum Gasteiger partial charge on any atom is 0.254 e. The topological polar surface area (TPSA) is 62.5 Å². The summed E-state index contributed by atoms with van der Waals surface area (Å²) in [6.07, 6.45) is 4.46. The molecule has 124 valence electrons. The third kappa shape index (κ3) is 2.46. The molecule has 2 saturated carbocycles. The Balaban J connectivity index is 1.39. The second-order valence-electron chi connectivity index (χ2n) is 7.55. The zero-order valence-electron chi connectivity index (χ0n) is 13.6. The number of rotatable bonds is 3. The van der Waals surface area contributed by atoms with Crippen molar-refractivity contribution in [2.75, 3.05) is 13.1 Å². The predicted molar refractivity (Wildman–Crippen MR) is 86.1 cm³/mol. The molecule has 0 spiro atoms. The summed E-state index contributed by atoms with van der Waals surface area (Å²) in [6.45, 7) is 4.02. The van der Waals surface area contributed by atoms with Gasteiger partial charge in [0.05, 0.1) is 0 Å². The maximum absolute atomic E-state index is 12.5. The predicted octanol–water partition coefficient (Wildman–Crippen LogP) is 1.76. The number of likely N-dealkylation sites (tertiary alicyclic amines) is 1. The molecule has 1 saturated heterocycles. The third-order valence-corrected chi connectivity index (χ3v) is 6.36. The molecule has 1 aromatic heterocycles. The molecule has 1 amide bonds. The number of hydrogen-bond donors (Lipinski definition) is 1. The zero-order valence-corrected chi connectivity index (χ0v) is 13.6. The van der Waals surface area contributed by atoms with Crippen molar-refractivity contribution in [1.82, 2.24) is 9.47 Å². The van der Waals surface area contributed by atoms with E-state index in [0.717, 1.165) is 36.8 Å². The van der Waals surface area contributed by atoms with Crippen LogP contribution in [-0.4, -0.2) is 33.6 Å². The first kappa shape index (κ1) is 14.8. The Kier molecular flexibility index (Phi) is 3.47. The minimum Gasteiger partial charge on any atom is -0.508 e. The lowest BCUT2D eigenvalue weighted by molar-refractivity contribution is -0.130. The minimum atomic E-state index is -0.244. The summed E-state index contributed by atoms with van der Waals surface area (Å²) in [5.41, 5.74) is 0.450. The van der Waals surface area contributed by atoms with Gasteiger partial charge in [-0.2, -0.15) is 0 Å². The van der Waals surface area contributed by atoms with Gasteiger partial charge in [0.15, 0.2) is 0 Å². The number of aromatic hydroxyl groups is 1. The number of hydrogen-bond acceptors (Lipinski definition) is 3. The van der Waals surface area contributed by atoms with Crippen LogP contribution in [0.15, 0.2) is 16.9 Å². The average Bonchev–Trinajstić information content (AvgIpc) is 3.18. The fraction of sp³-hybridized carbons (Fsp3) is 0.667. The van der Waals surface area contributed by atoms with Crippen LogP contribution in [-0.2, 0) is 11.3 Å². The molecule has 3 aliphatic rings. The van der Waals surface area contributed by atoms with Crippen LogP contribution in [0.3, 0.4) is 0 Å². The highest BCUT2D eigenvalue weighted by atomic mass is 16.3. The van der Waals surface area contributed by atoms with Crippen LogP contribution in [0.2, 0.25) is 0 Å². The van der Waals surface area contributed by atoms with Crippen molar-refractivity contribution >= 4 is 5.91 Å². The Bertz CT molecular complexity index is 678. The van der Waals surface area contributed by atoms with Gasteiger partial charge in [-0.3, -0.25) is 9.59 Å². The standard InChI is InChI=1S/C18H24N2O3/c1-11-6-14(21)8-18(23)20(11)5-4-17(22)19-9-15-12-2-3-13(7-12)16(15)10-19/h6,8,12-13,15-16,21H,2-5,7,9-10H2,1H3. The Morgan fingerprint density at radius 3 is 2.48 bits per heavy atom. The summed E-state index contributed by atoms with van der Waals surface area (Å²) in [6, 6.07) is 2.76. The van der Waals surface area contributed by atoms with Gasteiger partial charge in [-0.1, -0.05) is 0 Å². The Hall–Kier alpha value is -1.78. The van der Waals surface area contributed by atoms with E-state index in [1.54, 1.807) is 17.6 Å². The highest BCUT2D eigenvalue weighted by Crippen LogP contribution is 2.55. The Morgan fingerprint density at radius 1 is 1.22 bits per heavy atom. The van der Waals surface area contributed by atoms with Gasteiger partial charge in [-0.05, 0) is 55.9 Å². The van der Waals surface area contributed by atoms with Crippen molar-refractivity contribution in [3.05, 3.63) is 28.2 Å². The molecule has 5 nitrogen and oxygen atoms in total. The monoisotopic (exact) mass is 316 g/mol. The fourth-order valence-electron chi connectivity index (χ4n) is 5.25. The zero-order chi connectivity index (χ0) is 16.1. The van der Waals surface area contributed by atoms with Crippen molar-refractivity contribution in [3.8, 4) is 5.75 Å². The number of pyridine rings is 1. The number of nitrogens with zero attached hydrogens (tertiary/aromatic N) is 2. The van der Waals surface area contributed by atoms with Gasteiger partial charge in [0.1, 0.15) is 5.75 Å². The second kappa shape index (κ2) is 5.39. The molecular formula is C18H24N2O3. The maximum atomic E-state index is 12.5. The van der Waals surface area contributed by atoms with Crippen LogP contribution >= 0.6 is 0 Å². The summed E-state index contributed by atoms with van der Waals surface area (Å²) in [4.78, 5) is 26.5. The molecule has 2 heterocycles. The van der Waals surface area contributed by atoms with Crippen LogP contribution in [0, 0.1) is 30.6 Å². The van der Waals surface area contributed by atoms with E-state index in [0.29, 0.717) is 18.7 Å². The number of aromatic nitrogens is 1. The van der Waals surface area contributed by atoms with Crippen molar-refractivity contribution in [2.24, 2.45) is 23.7 Å². The van der Waals surface area contributed by atoms with E-state index >= 15 is 0 Å². The van der Waals surface area contributed by atoms with Gasteiger partial charge >= 0.3 is 0 Å². The van der Waals surface area contributed by atoms with Gasteiger partial charge in [-0.15, -0.1) is 0 Å². The lowest BCUT2D eigenvalue weighted by Crippen LogP contribution is -2.32. The molecule has 23 heavy (non-hydrogen) atoms. The minimum absolute atomic E-state index is 0.0158. The van der Waals surface area contributed by atoms with Crippen molar-refractivity contribution < 1.29 is 9.90 Å². The summed E-state index contributed by atoms with van der Waals surface area (Å²) in [5.74, 6) is 3.32. The molecule has 2 bridgehead atoms. The number of carbonyl (C=O) groups is 1. The summed E-state index contributed by atoms with van der Waals surface area (Å²) in [5, 5.41) is 9.43. The third-order valence-electron chi connectivity index (χ3n) is 6.36. The van der Waals surface area contributed by atoms with Gasteiger partial charge in [-0.25, -0.2) is 0 Å². The van der Waals surface area contributed by atoms with E-state index in [9.17, 15) is 14.7 Å². The summed E-state index contributed by atoms with van der Waals surface area (Å²) in [7, 11) is 0. The first-order valence-corrected chi connectivity index (χ1v) is 8.71. The molecule has 0 radical (unpaired) electrons. The van der Waals surface area contributed by atoms with Gasteiger partial charge < -0.3 is 14.6 Å². The lowest BCUT2D eigenvalue weighted by atomic mass is 9.82. The van der Waals surface area contributed by atoms with Crippen molar-refractivity contribution in [2.45, 2.75) is 39.2 Å². The number of amides is 1. The molecule has 1 aliphatic heterocycles. The fourth-order valence-corrected chi connectivity index (χ4v) is 5.25. The number of carbonyl (C=O) groups excluding carboxylic acids is 1. The molecule has 2 aliphatic carbocycles. The van der Waals surface area contributed by atoms with Crippen LogP contribution < -0.4 is 5.56 Å². The average molecular weight is 316 g/mol. The van der Waals surface area contributed by atoms with E-state index in [1.807, 2.05) is 4.90 Å². The van der Waals surface area contributed by atoms with Gasteiger partial charge in [0.2, 0.25) is 5.91 Å². The summed E-state index contributed by atoms with van der Waals surface area (Å²) < 4.78 is 1.57. The number of aryl methyl sites for hydroxylation is 1. The molecule has 1 aromatic rings. The molecule has 5 heteroatoms. The van der Waals surface area contributed by atoms with Crippen LogP contribution in [0.1, 0.15) is 31.4 Å². The van der Waals surface area contributed by atoms with Crippen LogP contribution in [0.25, 0.3) is 0 Å². The van der Waals surface area contributed by atoms with Crippen LogP contribution in [0.4, 0.5) is 0 Å². The summed E-state index contributed by atoms with van der Waals surface area (Å²) >= 11 is 0.